The minimum atomic E-state index is -3.53. The second kappa shape index (κ2) is 4.31. The zero-order valence-electron chi connectivity index (χ0n) is 9.63. The molecule has 1 unspecified atom stereocenters. The molecule has 1 aliphatic rings. The minimum Gasteiger partial charge on any atom is -0.391 e. The Morgan fingerprint density at radius 3 is 2.50 bits per heavy atom. The Morgan fingerprint density at radius 2 is 2.06 bits per heavy atom. The van der Waals surface area contributed by atoms with Crippen molar-refractivity contribution in [3.8, 4) is 0 Å². The van der Waals surface area contributed by atoms with E-state index in [-0.39, 0.29) is 19.6 Å². The molecule has 0 aliphatic carbocycles. The molecule has 16 heavy (non-hydrogen) atoms. The summed E-state index contributed by atoms with van der Waals surface area (Å²) in [6, 6.07) is 0. The van der Waals surface area contributed by atoms with Crippen molar-refractivity contribution < 1.29 is 23.1 Å². The Hall–Kier alpha value is -0.660. The number of aliphatic hydroxyl groups is 1. The van der Waals surface area contributed by atoms with Crippen LogP contribution in [0.4, 0.5) is 0 Å². The Labute approximate surface area is 95.2 Å². The number of methoxy groups -OCH3 is 1. The smallest absolute Gasteiger partial charge is 0.258 e. The van der Waals surface area contributed by atoms with Crippen LogP contribution < -0.4 is 0 Å². The summed E-state index contributed by atoms with van der Waals surface area (Å²) in [6.45, 7) is 2.90. The van der Waals surface area contributed by atoms with Gasteiger partial charge in [-0.25, -0.2) is 12.7 Å². The second-order valence-corrected chi connectivity index (χ2v) is 6.70. The van der Waals surface area contributed by atoms with Crippen LogP contribution in [0.1, 0.15) is 20.3 Å². The van der Waals surface area contributed by atoms with Crippen LogP contribution in [-0.2, 0) is 19.6 Å². The molecule has 0 saturated carbocycles. The first-order chi connectivity index (χ1) is 7.25. The first-order valence-corrected chi connectivity index (χ1v) is 6.43. The third-order valence-electron chi connectivity index (χ3n) is 2.70. The van der Waals surface area contributed by atoms with Crippen LogP contribution in [0.15, 0.2) is 0 Å². The molecule has 0 radical (unpaired) electrons. The van der Waals surface area contributed by atoms with E-state index < -0.39 is 26.8 Å². The summed E-state index contributed by atoms with van der Waals surface area (Å²) >= 11 is 0. The molecule has 0 aromatic rings. The van der Waals surface area contributed by atoms with E-state index in [1.165, 1.54) is 21.0 Å². The topological polar surface area (TPSA) is 83.9 Å². The Morgan fingerprint density at radius 1 is 1.50 bits per heavy atom. The van der Waals surface area contributed by atoms with E-state index in [0.717, 1.165) is 4.31 Å². The number of hydrogen-bond donors (Lipinski definition) is 1. The van der Waals surface area contributed by atoms with Gasteiger partial charge in [0.1, 0.15) is 0 Å². The predicted molar refractivity (Wildman–Crippen MR) is 57.2 cm³/mol. The number of carbonyl (C=O) groups is 1. The van der Waals surface area contributed by atoms with Crippen LogP contribution in [0.2, 0.25) is 0 Å². The van der Waals surface area contributed by atoms with Crippen LogP contribution in [0.3, 0.4) is 0 Å². The highest BCUT2D eigenvalue weighted by molar-refractivity contribution is 7.94. The maximum absolute atomic E-state index is 11.6. The van der Waals surface area contributed by atoms with Crippen LogP contribution in [0, 0.1) is 0 Å². The standard InChI is InChI=1S/C9H17NO5S/c1-9(2)8(12)10(16(9,13)14)5-4-7(11)6-15-3/h7,11H,4-6H2,1-3H3. The SMILES string of the molecule is COCC(O)CCN1C(=O)C(C)(C)S1(=O)=O. The molecular weight excluding hydrogens is 234 g/mol. The Balaban J connectivity index is 2.56. The molecule has 1 saturated heterocycles. The van der Waals surface area contributed by atoms with Gasteiger partial charge in [-0.2, -0.15) is 0 Å². The number of sulfonamides is 1. The normalized spacial score (nSPS) is 24.0. The van der Waals surface area contributed by atoms with E-state index in [9.17, 15) is 18.3 Å². The average Bonchev–Trinajstić information content (AvgIpc) is 2.17. The van der Waals surface area contributed by atoms with Crippen LogP contribution in [0.5, 0.6) is 0 Å². The van der Waals surface area contributed by atoms with Crippen molar-refractivity contribution in [1.82, 2.24) is 4.31 Å². The van der Waals surface area contributed by atoms with E-state index in [4.69, 9.17) is 4.74 Å². The summed E-state index contributed by atoms with van der Waals surface area (Å²) in [4.78, 5) is 11.5. The fourth-order valence-corrected chi connectivity index (χ4v) is 3.06. The van der Waals surface area contributed by atoms with Crippen molar-refractivity contribution in [2.75, 3.05) is 20.3 Å². The highest BCUT2D eigenvalue weighted by atomic mass is 32.2. The Bertz CT molecular complexity index is 375. The van der Waals surface area contributed by atoms with Gasteiger partial charge in [0.05, 0.1) is 12.7 Å². The number of carbonyl (C=O) groups excluding carboxylic acids is 1. The molecule has 0 aromatic carbocycles. The van der Waals surface area contributed by atoms with Crippen LogP contribution >= 0.6 is 0 Å². The number of rotatable bonds is 5. The second-order valence-electron chi connectivity index (χ2n) is 4.29. The largest absolute Gasteiger partial charge is 0.391 e. The quantitative estimate of drug-likeness (QED) is 0.701. The van der Waals surface area contributed by atoms with Gasteiger partial charge in [0.25, 0.3) is 15.9 Å². The van der Waals surface area contributed by atoms with Crippen molar-refractivity contribution in [3.63, 3.8) is 0 Å². The summed E-state index contributed by atoms with van der Waals surface area (Å²) in [5.41, 5.74) is 0. The highest BCUT2D eigenvalue weighted by Crippen LogP contribution is 2.34. The van der Waals surface area contributed by atoms with Gasteiger partial charge in [-0.3, -0.25) is 4.79 Å². The van der Waals surface area contributed by atoms with E-state index in [2.05, 4.69) is 0 Å². The summed E-state index contributed by atoms with van der Waals surface area (Å²) in [5, 5.41) is 9.35. The van der Waals surface area contributed by atoms with Crippen molar-refractivity contribution in [2.24, 2.45) is 0 Å². The molecular formula is C9H17NO5S. The lowest BCUT2D eigenvalue weighted by Crippen LogP contribution is -2.67. The third-order valence-corrected chi connectivity index (χ3v) is 5.09. The molecule has 6 nitrogen and oxygen atoms in total. The lowest BCUT2D eigenvalue weighted by Gasteiger charge is -2.43. The van der Waals surface area contributed by atoms with Crippen molar-refractivity contribution in [3.05, 3.63) is 0 Å². The predicted octanol–water partition coefficient (Wildman–Crippen LogP) is -0.666. The number of nitrogens with zero attached hydrogens (tertiary/aromatic N) is 1. The summed E-state index contributed by atoms with van der Waals surface area (Å²) in [7, 11) is -2.09. The van der Waals surface area contributed by atoms with Gasteiger partial charge in [-0.05, 0) is 20.3 Å². The molecule has 1 amide bonds. The van der Waals surface area contributed by atoms with Crippen molar-refractivity contribution in [1.29, 1.82) is 0 Å². The van der Waals surface area contributed by atoms with Gasteiger partial charge in [0.15, 0.2) is 4.75 Å². The zero-order valence-corrected chi connectivity index (χ0v) is 10.5. The number of ether oxygens (including phenoxy) is 1. The molecule has 1 atom stereocenters. The molecule has 7 heteroatoms. The maximum Gasteiger partial charge on any atom is 0.258 e. The van der Waals surface area contributed by atoms with Gasteiger partial charge >= 0.3 is 0 Å². The molecule has 1 aliphatic heterocycles. The van der Waals surface area contributed by atoms with Crippen molar-refractivity contribution >= 4 is 15.9 Å². The summed E-state index contributed by atoms with van der Waals surface area (Å²) in [6.07, 6.45) is -0.564. The third kappa shape index (κ3) is 1.94. The molecule has 1 N–H and O–H groups in total. The first-order valence-electron chi connectivity index (χ1n) is 4.99. The molecule has 0 aromatic heterocycles. The van der Waals surface area contributed by atoms with Crippen LogP contribution in [-0.4, -0.2) is 54.8 Å². The van der Waals surface area contributed by atoms with Gasteiger partial charge in [-0.15, -0.1) is 0 Å². The molecule has 0 spiro atoms. The minimum absolute atomic E-state index is 0.00905. The number of aliphatic hydroxyl groups excluding tert-OH is 1. The van der Waals surface area contributed by atoms with Gasteiger partial charge in [0.2, 0.25) is 0 Å². The lowest BCUT2D eigenvalue weighted by molar-refractivity contribution is -0.132. The maximum atomic E-state index is 11.6. The van der Waals surface area contributed by atoms with E-state index >= 15 is 0 Å². The van der Waals surface area contributed by atoms with Gasteiger partial charge in [-0.1, -0.05) is 0 Å². The summed E-state index contributed by atoms with van der Waals surface area (Å²) < 4.78 is 27.5. The van der Waals surface area contributed by atoms with Crippen LogP contribution in [0.25, 0.3) is 0 Å². The zero-order chi connectivity index (χ0) is 12.6. The fourth-order valence-electron chi connectivity index (χ4n) is 1.52. The molecule has 1 rings (SSSR count). The average molecular weight is 251 g/mol. The van der Waals surface area contributed by atoms with Gasteiger partial charge in [0, 0.05) is 13.7 Å². The van der Waals surface area contributed by atoms with E-state index in [1.54, 1.807) is 0 Å². The summed E-state index contributed by atoms with van der Waals surface area (Å²) in [5.74, 6) is -0.419. The number of amides is 1. The molecule has 1 heterocycles. The van der Waals surface area contributed by atoms with Crippen molar-refractivity contribution in [2.45, 2.75) is 31.1 Å². The molecule has 1 fully saturated rings. The highest BCUT2D eigenvalue weighted by Gasteiger charge is 2.59. The Kier molecular flexibility index (Phi) is 3.61. The fraction of sp³-hybridized carbons (Fsp3) is 0.889. The van der Waals surface area contributed by atoms with E-state index in [1.807, 2.05) is 0 Å². The van der Waals surface area contributed by atoms with Gasteiger partial charge < -0.3 is 9.84 Å². The number of hydrogen-bond acceptors (Lipinski definition) is 5. The molecule has 0 bridgehead atoms. The lowest BCUT2D eigenvalue weighted by atomic mass is 10.1. The van der Waals surface area contributed by atoms with E-state index in [0.29, 0.717) is 0 Å². The first kappa shape index (κ1) is 13.4. The molecule has 94 valence electrons. The monoisotopic (exact) mass is 251 g/mol.